The summed E-state index contributed by atoms with van der Waals surface area (Å²) in [7, 11) is 0.0788. The van der Waals surface area contributed by atoms with E-state index >= 15 is 0 Å². The number of carbonyl (C=O) groups excluding carboxylic acids is 1. The van der Waals surface area contributed by atoms with Crippen molar-refractivity contribution >= 4 is 20.9 Å². The van der Waals surface area contributed by atoms with Gasteiger partial charge in [0, 0.05) is 5.57 Å². The van der Waals surface area contributed by atoms with Crippen LogP contribution in [0, 0.1) is 0 Å². The van der Waals surface area contributed by atoms with Gasteiger partial charge >= 0.3 is 15.7 Å². The minimum absolute atomic E-state index is 0.0788. The van der Waals surface area contributed by atoms with Crippen LogP contribution in [0.25, 0.3) is 0 Å². The Balaban J connectivity index is 2.89. The molecule has 0 atom stereocenters. The highest BCUT2D eigenvalue weighted by Gasteiger charge is 2.12. The monoisotopic (exact) mass is 302 g/mol. The van der Waals surface area contributed by atoms with Crippen LogP contribution in [0.2, 0.25) is 0 Å². The quantitative estimate of drug-likeness (QED) is 0.513. The zero-order valence-electron chi connectivity index (χ0n) is 13.5. The van der Waals surface area contributed by atoms with Crippen molar-refractivity contribution in [2.45, 2.75) is 59.3 Å². The van der Waals surface area contributed by atoms with E-state index < -0.39 is 0 Å². The van der Waals surface area contributed by atoms with Gasteiger partial charge in [-0.05, 0) is 48.9 Å². The summed E-state index contributed by atoms with van der Waals surface area (Å²) in [6.07, 6.45) is 6.94. The maximum atomic E-state index is 11.6. The molecule has 0 unspecified atom stereocenters. The fraction of sp³-hybridized carbons (Fsp3) is 0.500. The molecular weight excluding hydrogens is 276 g/mol. The van der Waals surface area contributed by atoms with E-state index in [4.69, 9.17) is 4.43 Å². The molecule has 21 heavy (non-hydrogen) atoms. The van der Waals surface area contributed by atoms with Gasteiger partial charge in [-0.1, -0.05) is 51.5 Å². The minimum Gasteiger partial charge on any atom is -0.508 e. The Bertz CT molecular complexity index is 480. The summed E-state index contributed by atoms with van der Waals surface area (Å²) in [5.74, 6) is -0.297. The van der Waals surface area contributed by atoms with Crippen molar-refractivity contribution in [3.05, 3.63) is 41.5 Å². The molecule has 0 saturated carbocycles. The van der Waals surface area contributed by atoms with Crippen LogP contribution < -0.4 is 5.19 Å². The number of benzene rings is 1. The molecule has 0 saturated heterocycles. The van der Waals surface area contributed by atoms with Crippen LogP contribution in [0.15, 0.2) is 30.4 Å². The molecule has 3 heteroatoms. The number of carbonyl (C=O) groups is 1. The van der Waals surface area contributed by atoms with Crippen molar-refractivity contribution in [1.29, 1.82) is 0 Å². The molecule has 0 aliphatic heterocycles. The molecule has 2 nitrogen and oxygen atoms in total. The van der Waals surface area contributed by atoms with Gasteiger partial charge in [0.25, 0.3) is 0 Å². The lowest BCUT2D eigenvalue weighted by atomic mass is 9.98. The maximum absolute atomic E-state index is 11.6. The van der Waals surface area contributed by atoms with Crippen LogP contribution in [-0.4, -0.2) is 15.7 Å². The molecule has 1 aromatic carbocycles. The Kier molecular flexibility index (Phi) is 8.06. The van der Waals surface area contributed by atoms with Gasteiger partial charge in [-0.2, -0.15) is 0 Å². The zero-order valence-corrected chi connectivity index (χ0v) is 14.5. The summed E-state index contributed by atoms with van der Waals surface area (Å²) < 4.78 is 5.36. The van der Waals surface area contributed by atoms with E-state index in [0.717, 1.165) is 12.8 Å². The molecule has 0 N–H and O–H groups in total. The topological polar surface area (TPSA) is 26.3 Å². The second kappa shape index (κ2) is 9.56. The van der Waals surface area contributed by atoms with Gasteiger partial charge < -0.3 is 4.43 Å². The van der Waals surface area contributed by atoms with Crippen LogP contribution >= 0.6 is 0 Å². The first-order valence-electron chi connectivity index (χ1n) is 7.83. The summed E-state index contributed by atoms with van der Waals surface area (Å²) in [5, 5.41) is 1.17. The summed E-state index contributed by atoms with van der Waals surface area (Å²) in [5.41, 5.74) is 3.27. The number of rotatable bonds is 9. The van der Waals surface area contributed by atoms with Crippen LogP contribution in [0.1, 0.15) is 57.6 Å². The first kappa shape index (κ1) is 17.7. The van der Waals surface area contributed by atoms with Gasteiger partial charge in [-0.3, -0.25) is 0 Å². The van der Waals surface area contributed by atoms with Crippen molar-refractivity contribution in [3.8, 4) is 0 Å². The largest absolute Gasteiger partial charge is 0.508 e. The second-order valence-corrected chi connectivity index (χ2v) is 6.37. The summed E-state index contributed by atoms with van der Waals surface area (Å²) in [6.45, 7) is 9.73. The van der Waals surface area contributed by atoms with Gasteiger partial charge in [0.2, 0.25) is 0 Å². The van der Waals surface area contributed by atoms with Crippen molar-refractivity contribution in [2.24, 2.45) is 0 Å². The average molecular weight is 302 g/mol. The Morgan fingerprint density at radius 2 is 1.86 bits per heavy atom. The summed E-state index contributed by atoms with van der Waals surface area (Å²) >= 11 is 0. The highest BCUT2D eigenvalue weighted by molar-refractivity contribution is 6.50. The van der Waals surface area contributed by atoms with Gasteiger partial charge in [0.05, 0.1) is 0 Å². The normalized spacial score (nSPS) is 10.4. The minimum atomic E-state index is -0.297. The van der Waals surface area contributed by atoms with Crippen LogP contribution in [0.4, 0.5) is 0 Å². The first-order chi connectivity index (χ1) is 10.1. The van der Waals surface area contributed by atoms with E-state index in [1.165, 1.54) is 42.0 Å². The van der Waals surface area contributed by atoms with E-state index in [1.54, 1.807) is 6.92 Å². The molecule has 0 aliphatic carbocycles. The first-order valence-corrected chi connectivity index (χ1v) is 8.74. The molecule has 1 rings (SSSR count). The molecule has 0 bridgehead atoms. The fourth-order valence-electron chi connectivity index (χ4n) is 2.17. The van der Waals surface area contributed by atoms with Crippen molar-refractivity contribution in [3.63, 3.8) is 0 Å². The molecule has 0 aromatic heterocycles. The molecular formula is C18H26O2Si. The Morgan fingerprint density at radius 1 is 1.19 bits per heavy atom. The van der Waals surface area contributed by atoms with Gasteiger partial charge in [0.1, 0.15) is 0 Å². The lowest BCUT2D eigenvalue weighted by Crippen LogP contribution is -2.26. The standard InChI is InChI=1S/C18H26O2Si/c1-5-7-10-15-11-9-13-17(16(15)12-8-6-2)21-20-18(19)14(3)4/h9,11,13H,3,5-8,10,12H2,1-2,4H3. The van der Waals surface area contributed by atoms with Crippen LogP contribution in [0.3, 0.4) is 0 Å². The SMILES string of the molecule is C=C(C)C(=O)O[Si]c1cccc(CCCC)c1CCCC. The van der Waals surface area contributed by atoms with Gasteiger partial charge in [-0.15, -0.1) is 0 Å². The van der Waals surface area contributed by atoms with E-state index in [9.17, 15) is 4.79 Å². The molecule has 1 aromatic rings. The predicted octanol–water partition coefficient (Wildman–Crippen LogP) is 3.74. The number of hydrogen-bond acceptors (Lipinski definition) is 2. The van der Waals surface area contributed by atoms with Crippen LogP contribution in [-0.2, 0) is 22.1 Å². The van der Waals surface area contributed by atoms with Gasteiger partial charge in [0.15, 0.2) is 0 Å². The van der Waals surface area contributed by atoms with Crippen molar-refractivity contribution < 1.29 is 9.22 Å². The fourth-order valence-corrected chi connectivity index (χ4v) is 3.12. The molecule has 0 aliphatic rings. The third-order valence-electron chi connectivity index (χ3n) is 3.46. The third kappa shape index (κ3) is 5.88. The van der Waals surface area contributed by atoms with Crippen LogP contribution in [0.5, 0.6) is 0 Å². The molecule has 2 radical (unpaired) electrons. The van der Waals surface area contributed by atoms with E-state index in [-0.39, 0.29) is 15.7 Å². The molecule has 114 valence electrons. The third-order valence-corrected chi connectivity index (χ3v) is 4.43. The Labute approximate surface area is 131 Å². The van der Waals surface area contributed by atoms with E-state index in [0.29, 0.717) is 5.57 Å². The van der Waals surface area contributed by atoms with Crippen molar-refractivity contribution in [2.75, 3.05) is 0 Å². The molecule has 0 amide bonds. The highest BCUT2D eigenvalue weighted by atomic mass is 28.2. The molecule has 0 heterocycles. The number of hydrogen-bond donors (Lipinski definition) is 0. The lowest BCUT2D eigenvalue weighted by Gasteiger charge is -2.14. The van der Waals surface area contributed by atoms with Crippen molar-refractivity contribution in [1.82, 2.24) is 0 Å². The summed E-state index contributed by atoms with van der Waals surface area (Å²) in [6, 6.07) is 6.39. The van der Waals surface area contributed by atoms with E-state index in [2.05, 4.69) is 38.6 Å². The Hall–Kier alpha value is -1.35. The zero-order chi connectivity index (χ0) is 15.7. The Morgan fingerprint density at radius 3 is 2.48 bits per heavy atom. The smallest absolute Gasteiger partial charge is 0.356 e. The average Bonchev–Trinajstić information content (AvgIpc) is 2.48. The second-order valence-electron chi connectivity index (χ2n) is 5.42. The molecule has 0 spiro atoms. The van der Waals surface area contributed by atoms with E-state index in [1.807, 2.05) is 0 Å². The number of aryl methyl sites for hydroxylation is 1. The summed E-state index contributed by atoms with van der Waals surface area (Å²) in [4.78, 5) is 11.6. The maximum Gasteiger partial charge on any atom is 0.356 e. The number of unbranched alkanes of at least 4 members (excludes halogenated alkanes) is 2. The molecule has 0 fully saturated rings. The van der Waals surface area contributed by atoms with Gasteiger partial charge in [-0.25, -0.2) is 4.79 Å². The predicted molar refractivity (Wildman–Crippen MR) is 90.0 cm³/mol. The lowest BCUT2D eigenvalue weighted by molar-refractivity contribution is -0.129. The highest BCUT2D eigenvalue weighted by Crippen LogP contribution is 2.13.